The van der Waals surface area contributed by atoms with E-state index in [0.717, 1.165) is 83.5 Å². The molecule has 0 aliphatic carbocycles. The Morgan fingerprint density at radius 3 is 0.789 bits per heavy atom. The summed E-state index contributed by atoms with van der Waals surface area (Å²) in [5, 5.41) is 0. The van der Waals surface area contributed by atoms with Gasteiger partial charge in [0.05, 0.1) is 0 Å². The van der Waals surface area contributed by atoms with Crippen molar-refractivity contribution in [1.82, 2.24) is 0 Å². The van der Waals surface area contributed by atoms with E-state index in [9.17, 15) is 14.4 Å². The van der Waals surface area contributed by atoms with E-state index >= 15 is 0 Å². The Hall–Kier alpha value is -2.37. The van der Waals surface area contributed by atoms with Crippen molar-refractivity contribution < 1.29 is 28.6 Å². The molecule has 0 radical (unpaired) electrons. The molecule has 0 aromatic carbocycles. The van der Waals surface area contributed by atoms with Crippen LogP contribution in [0.2, 0.25) is 0 Å². The zero-order valence-corrected chi connectivity index (χ0v) is 51.3. The lowest BCUT2D eigenvalue weighted by atomic mass is 10.0. The number of carbonyl (C=O) groups is 3. The maximum absolute atomic E-state index is 12.9. The molecule has 6 nitrogen and oxygen atoms in total. The summed E-state index contributed by atoms with van der Waals surface area (Å²) in [5.74, 6) is -0.870. The molecule has 0 fully saturated rings. The number of hydrogen-bond acceptors (Lipinski definition) is 6. The van der Waals surface area contributed by atoms with Crippen LogP contribution in [-0.2, 0) is 28.6 Å². The van der Waals surface area contributed by atoms with E-state index in [4.69, 9.17) is 14.2 Å². The van der Waals surface area contributed by atoms with Crippen LogP contribution in [0.5, 0.6) is 0 Å². The molecule has 0 aliphatic rings. The SMILES string of the molecule is CCC/C=C\C/C=C\CCCCCCCC(=O)OCC(COC(=O)CCCCCCCCCCCCCCCCCCCCCCCCCCCCCC)OC(=O)CCCCCCCCC/C=C\CCCCCCCC. The lowest BCUT2D eigenvalue weighted by molar-refractivity contribution is -0.167. The Labute approximate surface area is 474 Å². The number of allylic oxidation sites excluding steroid dienone is 6. The molecule has 76 heavy (non-hydrogen) atoms. The van der Waals surface area contributed by atoms with Gasteiger partial charge in [0, 0.05) is 19.3 Å². The Kier molecular flexibility index (Phi) is 63.1. The highest BCUT2D eigenvalue weighted by molar-refractivity contribution is 5.71. The normalized spacial score (nSPS) is 12.2. The predicted octanol–water partition coefficient (Wildman–Crippen LogP) is 23.2. The monoisotopic (exact) mass is 1070 g/mol. The van der Waals surface area contributed by atoms with E-state index in [-0.39, 0.29) is 31.1 Å². The third-order valence-electron chi connectivity index (χ3n) is 15.3. The van der Waals surface area contributed by atoms with Crippen LogP contribution in [0, 0.1) is 0 Å². The van der Waals surface area contributed by atoms with E-state index in [0.29, 0.717) is 19.3 Å². The van der Waals surface area contributed by atoms with E-state index in [1.807, 2.05) is 0 Å². The molecule has 0 spiro atoms. The zero-order valence-electron chi connectivity index (χ0n) is 51.3. The summed E-state index contributed by atoms with van der Waals surface area (Å²) in [6.07, 6.45) is 80.3. The van der Waals surface area contributed by atoms with Crippen molar-refractivity contribution in [1.29, 1.82) is 0 Å². The van der Waals surface area contributed by atoms with Gasteiger partial charge in [-0.15, -0.1) is 0 Å². The summed E-state index contributed by atoms with van der Waals surface area (Å²) in [6.45, 7) is 6.62. The van der Waals surface area contributed by atoms with E-state index < -0.39 is 6.10 Å². The molecule has 0 rings (SSSR count). The Morgan fingerprint density at radius 2 is 0.500 bits per heavy atom. The minimum Gasteiger partial charge on any atom is -0.462 e. The maximum Gasteiger partial charge on any atom is 0.306 e. The average Bonchev–Trinajstić information content (AvgIpc) is 3.42. The molecule has 0 aromatic heterocycles. The van der Waals surface area contributed by atoms with Crippen LogP contribution >= 0.6 is 0 Å². The van der Waals surface area contributed by atoms with Gasteiger partial charge in [0.1, 0.15) is 13.2 Å². The quantitative estimate of drug-likeness (QED) is 0.0261. The van der Waals surface area contributed by atoms with Crippen molar-refractivity contribution in [3.05, 3.63) is 36.5 Å². The molecule has 0 saturated heterocycles. The molecule has 0 aliphatic heterocycles. The van der Waals surface area contributed by atoms with Gasteiger partial charge >= 0.3 is 17.9 Å². The topological polar surface area (TPSA) is 78.9 Å². The first-order valence-electron chi connectivity index (χ1n) is 34.0. The Balaban J connectivity index is 4.18. The molecular weight excluding hydrogens is 937 g/mol. The minimum absolute atomic E-state index is 0.0743. The first kappa shape index (κ1) is 73.6. The van der Waals surface area contributed by atoms with Crippen LogP contribution in [-0.4, -0.2) is 37.2 Å². The van der Waals surface area contributed by atoms with Crippen LogP contribution < -0.4 is 0 Å². The van der Waals surface area contributed by atoms with Gasteiger partial charge in [-0.05, 0) is 70.6 Å². The fraction of sp³-hybridized carbons (Fsp3) is 0.871. The van der Waals surface area contributed by atoms with Gasteiger partial charge in [-0.1, -0.05) is 320 Å². The summed E-state index contributed by atoms with van der Waals surface area (Å²) in [4.78, 5) is 38.3. The van der Waals surface area contributed by atoms with Crippen molar-refractivity contribution in [3.63, 3.8) is 0 Å². The largest absolute Gasteiger partial charge is 0.462 e. The van der Waals surface area contributed by atoms with E-state index in [1.165, 1.54) is 250 Å². The Bertz CT molecular complexity index is 1270. The number of esters is 3. The van der Waals surface area contributed by atoms with Gasteiger partial charge in [-0.2, -0.15) is 0 Å². The second-order valence-electron chi connectivity index (χ2n) is 23.1. The minimum atomic E-state index is -0.779. The first-order valence-corrected chi connectivity index (χ1v) is 34.0. The Morgan fingerprint density at radius 1 is 0.263 bits per heavy atom. The van der Waals surface area contributed by atoms with Crippen molar-refractivity contribution in [2.75, 3.05) is 13.2 Å². The maximum atomic E-state index is 12.9. The third-order valence-corrected chi connectivity index (χ3v) is 15.3. The first-order chi connectivity index (χ1) is 37.5. The smallest absolute Gasteiger partial charge is 0.306 e. The molecule has 1 atom stereocenters. The summed E-state index contributed by atoms with van der Waals surface area (Å²) < 4.78 is 16.9. The lowest BCUT2D eigenvalue weighted by Crippen LogP contribution is -2.30. The van der Waals surface area contributed by atoms with E-state index in [2.05, 4.69) is 57.2 Å². The number of rotatable bonds is 63. The summed E-state index contributed by atoms with van der Waals surface area (Å²) in [5.41, 5.74) is 0. The molecule has 6 heteroatoms. The van der Waals surface area contributed by atoms with Gasteiger partial charge in [0.15, 0.2) is 6.10 Å². The van der Waals surface area contributed by atoms with Crippen LogP contribution in [0.15, 0.2) is 36.5 Å². The molecule has 0 saturated carbocycles. The number of hydrogen-bond donors (Lipinski definition) is 0. The van der Waals surface area contributed by atoms with Crippen LogP contribution in [0.3, 0.4) is 0 Å². The molecule has 0 aromatic rings. The summed E-state index contributed by atoms with van der Waals surface area (Å²) in [7, 11) is 0. The fourth-order valence-corrected chi connectivity index (χ4v) is 10.2. The molecule has 0 amide bonds. The van der Waals surface area contributed by atoms with E-state index in [1.54, 1.807) is 0 Å². The van der Waals surface area contributed by atoms with Crippen LogP contribution in [0.1, 0.15) is 374 Å². The third kappa shape index (κ3) is 62.5. The van der Waals surface area contributed by atoms with Crippen LogP contribution in [0.4, 0.5) is 0 Å². The van der Waals surface area contributed by atoms with Gasteiger partial charge in [-0.3, -0.25) is 14.4 Å². The van der Waals surface area contributed by atoms with Crippen molar-refractivity contribution in [2.45, 2.75) is 380 Å². The average molecular weight is 1070 g/mol. The standard InChI is InChI=1S/C70H130O6/c1-4-7-10-13-16-19-22-25-27-29-30-31-32-33-34-35-36-37-38-39-41-42-45-48-51-54-57-60-63-69(72)75-66-67(65-74-68(71)62-59-56-53-50-47-44-24-21-18-15-12-9-6-3)76-70(73)64-61-58-55-52-49-46-43-40-28-26-23-20-17-14-11-8-5-2/h12,15,21,24,26,28,67H,4-11,13-14,16-20,22-23,25,27,29-66H2,1-3H3/b15-12-,24-21-,28-26-. The fourth-order valence-electron chi connectivity index (χ4n) is 10.2. The van der Waals surface area contributed by atoms with Gasteiger partial charge in [0.25, 0.3) is 0 Å². The van der Waals surface area contributed by atoms with Crippen molar-refractivity contribution >= 4 is 17.9 Å². The second-order valence-corrected chi connectivity index (χ2v) is 23.1. The molecule has 0 N–H and O–H groups in total. The highest BCUT2D eigenvalue weighted by atomic mass is 16.6. The van der Waals surface area contributed by atoms with Gasteiger partial charge in [-0.25, -0.2) is 0 Å². The highest BCUT2D eigenvalue weighted by Gasteiger charge is 2.19. The van der Waals surface area contributed by atoms with Crippen molar-refractivity contribution in [2.24, 2.45) is 0 Å². The molecular formula is C70H130O6. The predicted molar refractivity (Wildman–Crippen MR) is 330 cm³/mol. The number of carbonyl (C=O) groups excluding carboxylic acids is 3. The molecule has 0 heterocycles. The van der Waals surface area contributed by atoms with Gasteiger partial charge < -0.3 is 14.2 Å². The lowest BCUT2D eigenvalue weighted by Gasteiger charge is -2.18. The molecule has 446 valence electrons. The molecule has 0 bridgehead atoms. The van der Waals surface area contributed by atoms with Crippen LogP contribution in [0.25, 0.3) is 0 Å². The van der Waals surface area contributed by atoms with Gasteiger partial charge in [0.2, 0.25) is 0 Å². The number of ether oxygens (including phenoxy) is 3. The number of unbranched alkanes of at least 4 members (excludes halogenated alkanes) is 46. The second kappa shape index (κ2) is 65.2. The summed E-state index contributed by atoms with van der Waals surface area (Å²) >= 11 is 0. The molecule has 1 unspecified atom stereocenters. The zero-order chi connectivity index (χ0) is 55.0. The highest BCUT2D eigenvalue weighted by Crippen LogP contribution is 2.18. The van der Waals surface area contributed by atoms with Crippen molar-refractivity contribution in [3.8, 4) is 0 Å². The summed E-state index contributed by atoms with van der Waals surface area (Å²) in [6, 6.07) is 0.